The molecule has 26 heavy (non-hydrogen) atoms. The molecule has 0 spiro atoms. The van der Waals surface area contributed by atoms with Gasteiger partial charge in [0.05, 0.1) is 19.2 Å². The Morgan fingerprint density at radius 1 is 1.12 bits per heavy atom. The second-order valence-electron chi connectivity index (χ2n) is 6.95. The fourth-order valence-electron chi connectivity index (χ4n) is 3.23. The van der Waals surface area contributed by atoms with E-state index in [1.54, 1.807) is 4.57 Å². The average molecular weight is 361 g/mol. The number of nitrogens with zero attached hydrogens (tertiary/aromatic N) is 1. The molecule has 0 saturated heterocycles. The van der Waals surface area contributed by atoms with E-state index in [0.29, 0.717) is 17.5 Å². The van der Waals surface area contributed by atoms with E-state index in [1.807, 2.05) is 32.0 Å². The highest BCUT2D eigenvalue weighted by Gasteiger charge is 2.18. The second-order valence-corrected chi connectivity index (χ2v) is 6.95. The fraction of sp³-hybridized carbons (Fsp3) is 0.571. The van der Waals surface area contributed by atoms with Crippen LogP contribution in [0.25, 0.3) is 10.9 Å². The van der Waals surface area contributed by atoms with Crippen molar-refractivity contribution in [3.8, 4) is 17.2 Å². The summed E-state index contributed by atoms with van der Waals surface area (Å²) in [5.41, 5.74) is 0.262. The maximum atomic E-state index is 12.5. The Bertz CT molecular complexity index is 780. The zero-order chi connectivity index (χ0) is 19.1. The molecule has 0 atom stereocenters. The van der Waals surface area contributed by atoms with Gasteiger partial charge in [-0.2, -0.15) is 0 Å². The van der Waals surface area contributed by atoms with E-state index in [0.717, 1.165) is 12.2 Å². The summed E-state index contributed by atoms with van der Waals surface area (Å²) >= 11 is 0. The van der Waals surface area contributed by atoms with Crippen molar-refractivity contribution in [1.82, 2.24) is 4.57 Å². The molecule has 0 unspecified atom stereocenters. The summed E-state index contributed by atoms with van der Waals surface area (Å²) in [5, 5.41) is 10.9. The molecule has 2 rings (SSSR count). The first-order chi connectivity index (χ1) is 12.5. The van der Waals surface area contributed by atoms with Crippen molar-refractivity contribution in [1.29, 1.82) is 0 Å². The number of methoxy groups -OCH3 is 1. The van der Waals surface area contributed by atoms with Crippen molar-refractivity contribution in [3.05, 3.63) is 28.6 Å². The Morgan fingerprint density at radius 2 is 1.81 bits per heavy atom. The number of aromatic hydroxyl groups is 1. The smallest absolute Gasteiger partial charge is 0.297 e. The largest absolute Gasteiger partial charge is 0.500 e. The van der Waals surface area contributed by atoms with E-state index in [1.165, 1.54) is 39.2 Å². The van der Waals surface area contributed by atoms with Gasteiger partial charge in [-0.1, -0.05) is 39.0 Å². The van der Waals surface area contributed by atoms with Crippen molar-refractivity contribution < 1.29 is 14.6 Å². The highest BCUT2D eigenvalue weighted by molar-refractivity contribution is 5.89. The first-order valence-electron chi connectivity index (χ1n) is 9.59. The van der Waals surface area contributed by atoms with Gasteiger partial charge in [-0.3, -0.25) is 4.79 Å². The Morgan fingerprint density at radius 3 is 2.46 bits per heavy atom. The number of aromatic nitrogens is 1. The maximum absolute atomic E-state index is 12.5. The SMILES string of the molecule is CCCCCCCCOc1ccc2c(OC)c(O)c(=O)n(C(C)C)c2c1. The average Bonchev–Trinajstić information content (AvgIpc) is 2.62. The molecule has 144 valence electrons. The van der Waals surface area contributed by atoms with Gasteiger partial charge in [-0.05, 0) is 32.4 Å². The molecule has 1 aromatic carbocycles. The zero-order valence-electron chi connectivity index (χ0n) is 16.4. The third kappa shape index (κ3) is 4.51. The maximum Gasteiger partial charge on any atom is 0.297 e. The second kappa shape index (κ2) is 9.51. The predicted molar refractivity (Wildman–Crippen MR) is 106 cm³/mol. The first kappa shape index (κ1) is 20.1. The number of hydrogen-bond acceptors (Lipinski definition) is 4. The van der Waals surface area contributed by atoms with Crippen molar-refractivity contribution in [2.75, 3.05) is 13.7 Å². The van der Waals surface area contributed by atoms with Gasteiger partial charge in [0.25, 0.3) is 5.56 Å². The number of pyridine rings is 1. The lowest BCUT2D eigenvalue weighted by Crippen LogP contribution is -2.22. The van der Waals surface area contributed by atoms with Crippen molar-refractivity contribution >= 4 is 10.9 Å². The first-order valence-corrected chi connectivity index (χ1v) is 9.59. The Hall–Kier alpha value is -2.17. The van der Waals surface area contributed by atoms with Gasteiger partial charge in [-0.25, -0.2) is 0 Å². The molecule has 5 nitrogen and oxygen atoms in total. The number of fused-ring (bicyclic) bond motifs is 1. The Kier molecular flexibility index (Phi) is 7.37. The number of benzene rings is 1. The van der Waals surface area contributed by atoms with Crippen LogP contribution in [0, 0.1) is 0 Å². The standard InChI is InChI=1S/C21H31NO4/c1-5-6-7-8-9-10-13-26-16-11-12-17-18(14-16)22(15(2)3)21(24)19(23)20(17)25-4/h11-12,14-15,23H,5-10,13H2,1-4H3. The summed E-state index contributed by atoms with van der Waals surface area (Å²) in [5.74, 6) is 0.589. The third-order valence-corrected chi connectivity index (χ3v) is 4.60. The lowest BCUT2D eigenvalue weighted by molar-refractivity contribution is 0.304. The van der Waals surface area contributed by atoms with Crippen LogP contribution in [-0.2, 0) is 0 Å². The topological polar surface area (TPSA) is 60.7 Å². The number of unbranched alkanes of at least 4 members (excludes halogenated alkanes) is 5. The predicted octanol–water partition coefficient (Wildman–Crippen LogP) is 5.04. The van der Waals surface area contributed by atoms with Crippen molar-refractivity contribution in [2.45, 2.75) is 65.3 Å². The molecule has 0 saturated carbocycles. The van der Waals surface area contributed by atoms with Crippen LogP contribution in [0.3, 0.4) is 0 Å². The normalized spacial score (nSPS) is 11.3. The molecule has 1 heterocycles. The summed E-state index contributed by atoms with van der Waals surface area (Å²) < 4.78 is 12.7. The van der Waals surface area contributed by atoms with Crippen LogP contribution in [-0.4, -0.2) is 23.4 Å². The highest BCUT2D eigenvalue weighted by atomic mass is 16.5. The van der Waals surface area contributed by atoms with Gasteiger partial charge in [-0.15, -0.1) is 0 Å². The van der Waals surface area contributed by atoms with Crippen LogP contribution in [0.5, 0.6) is 17.2 Å². The van der Waals surface area contributed by atoms with Gasteiger partial charge < -0.3 is 19.1 Å². The van der Waals surface area contributed by atoms with Crippen LogP contribution in [0.15, 0.2) is 23.0 Å². The van der Waals surface area contributed by atoms with E-state index in [-0.39, 0.29) is 17.5 Å². The zero-order valence-corrected chi connectivity index (χ0v) is 16.4. The van der Waals surface area contributed by atoms with Crippen LogP contribution in [0.4, 0.5) is 0 Å². The van der Waals surface area contributed by atoms with Gasteiger partial charge in [0.2, 0.25) is 5.75 Å². The van der Waals surface area contributed by atoms with Gasteiger partial charge in [0.1, 0.15) is 5.75 Å². The summed E-state index contributed by atoms with van der Waals surface area (Å²) in [6.07, 6.45) is 7.29. The quantitative estimate of drug-likeness (QED) is 0.603. The van der Waals surface area contributed by atoms with Crippen molar-refractivity contribution in [2.24, 2.45) is 0 Å². The fourth-order valence-corrected chi connectivity index (χ4v) is 3.23. The molecule has 0 aliphatic carbocycles. The van der Waals surface area contributed by atoms with Crippen LogP contribution in [0.2, 0.25) is 0 Å². The van der Waals surface area contributed by atoms with Crippen LogP contribution in [0.1, 0.15) is 65.3 Å². The molecule has 0 fully saturated rings. The van der Waals surface area contributed by atoms with Gasteiger partial charge in [0.15, 0.2) is 5.75 Å². The van der Waals surface area contributed by atoms with E-state index >= 15 is 0 Å². The minimum absolute atomic E-state index is 0.0874. The number of rotatable bonds is 10. The lowest BCUT2D eigenvalue weighted by atomic mass is 10.1. The summed E-state index contributed by atoms with van der Waals surface area (Å²) in [6.45, 7) is 6.71. The number of ether oxygens (including phenoxy) is 2. The molecule has 1 N–H and O–H groups in total. The number of hydrogen-bond donors (Lipinski definition) is 1. The molecule has 0 aliphatic rings. The van der Waals surface area contributed by atoms with Gasteiger partial charge in [0, 0.05) is 17.5 Å². The van der Waals surface area contributed by atoms with E-state index in [9.17, 15) is 9.90 Å². The van der Waals surface area contributed by atoms with Crippen LogP contribution < -0.4 is 15.0 Å². The van der Waals surface area contributed by atoms with Crippen molar-refractivity contribution in [3.63, 3.8) is 0 Å². The van der Waals surface area contributed by atoms with Gasteiger partial charge >= 0.3 is 0 Å². The Labute approximate surface area is 155 Å². The minimum atomic E-state index is -0.447. The highest BCUT2D eigenvalue weighted by Crippen LogP contribution is 2.34. The van der Waals surface area contributed by atoms with E-state index in [4.69, 9.17) is 9.47 Å². The molecule has 1 aromatic heterocycles. The molecular weight excluding hydrogens is 330 g/mol. The summed E-state index contributed by atoms with van der Waals surface area (Å²) in [7, 11) is 1.45. The molecule has 2 aromatic rings. The molecule has 0 aliphatic heterocycles. The molecule has 0 amide bonds. The molecule has 5 heteroatoms. The van der Waals surface area contributed by atoms with E-state index < -0.39 is 5.56 Å². The molecular formula is C21H31NO4. The van der Waals surface area contributed by atoms with E-state index in [2.05, 4.69) is 6.92 Å². The summed E-state index contributed by atoms with van der Waals surface area (Å²) in [4.78, 5) is 12.5. The third-order valence-electron chi connectivity index (χ3n) is 4.60. The lowest BCUT2D eigenvalue weighted by Gasteiger charge is -2.18. The summed E-state index contributed by atoms with van der Waals surface area (Å²) in [6, 6.07) is 5.46. The Balaban J connectivity index is 2.20. The molecule has 0 radical (unpaired) electrons. The monoisotopic (exact) mass is 361 g/mol. The molecule has 0 bridgehead atoms. The van der Waals surface area contributed by atoms with Crippen LogP contribution >= 0.6 is 0 Å². The minimum Gasteiger partial charge on any atom is -0.500 e.